The quantitative estimate of drug-likeness (QED) is 0.731. The normalized spacial score (nSPS) is 13.8. The van der Waals surface area contributed by atoms with Crippen molar-refractivity contribution in [3.63, 3.8) is 0 Å². The number of nitrogens with one attached hydrogen (secondary N) is 1. The van der Waals surface area contributed by atoms with Crippen molar-refractivity contribution in [3.8, 4) is 0 Å². The SMILES string of the molecule is CCOC(=O)CCc1c(NS(=O)(=O)C2=CC=CC2)cc2c(ncn2C)c1F. The number of imidazole rings is 1. The first-order valence-electron chi connectivity index (χ1n) is 8.50. The van der Waals surface area contributed by atoms with Gasteiger partial charge in [-0.15, -0.1) is 0 Å². The number of sulfonamides is 1. The predicted molar refractivity (Wildman–Crippen MR) is 100 cm³/mol. The van der Waals surface area contributed by atoms with Gasteiger partial charge >= 0.3 is 5.97 Å². The largest absolute Gasteiger partial charge is 0.466 e. The van der Waals surface area contributed by atoms with Crippen LogP contribution in [-0.4, -0.2) is 30.5 Å². The minimum Gasteiger partial charge on any atom is -0.466 e. The molecule has 0 spiro atoms. The standard InChI is InChI=1S/C18H20FN3O4S/c1-3-26-16(23)9-8-13-14(21-27(24,25)12-6-4-5-7-12)10-15-18(17(13)19)20-11-22(15)2/h4-6,10-11,21H,3,7-9H2,1-2H3. The van der Waals surface area contributed by atoms with Gasteiger partial charge in [-0.3, -0.25) is 9.52 Å². The lowest BCUT2D eigenvalue weighted by molar-refractivity contribution is -0.143. The lowest BCUT2D eigenvalue weighted by atomic mass is 10.1. The molecule has 0 saturated heterocycles. The second-order valence-corrected chi connectivity index (χ2v) is 7.85. The number of carbonyl (C=O) groups excluding carboxylic acids is 1. The predicted octanol–water partition coefficient (Wildman–Crippen LogP) is 2.79. The Hall–Kier alpha value is -2.68. The van der Waals surface area contributed by atoms with Gasteiger partial charge in [0.2, 0.25) is 0 Å². The Kier molecular flexibility index (Phi) is 5.31. The molecule has 1 aromatic carbocycles. The van der Waals surface area contributed by atoms with Gasteiger partial charge in [0.25, 0.3) is 10.0 Å². The van der Waals surface area contributed by atoms with Crippen LogP contribution in [0.4, 0.5) is 10.1 Å². The molecule has 9 heteroatoms. The molecule has 0 fully saturated rings. The van der Waals surface area contributed by atoms with Crippen LogP contribution in [0.2, 0.25) is 0 Å². The van der Waals surface area contributed by atoms with Crippen molar-refractivity contribution in [3.05, 3.63) is 46.9 Å². The molecule has 3 rings (SSSR count). The van der Waals surface area contributed by atoms with E-state index in [4.69, 9.17) is 4.74 Å². The fraction of sp³-hybridized carbons (Fsp3) is 0.333. The minimum absolute atomic E-state index is 0.00761. The van der Waals surface area contributed by atoms with Crippen LogP contribution >= 0.6 is 0 Å². The topological polar surface area (TPSA) is 90.3 Å². The number of hydrogen-bond donors (Lipinski definition) is 1. The Morgan fingerprint density at radius 1 is 1.44 bits per heavy atom. The molecule has 0 unspecified atom stereocenters. The molecule has 1 aromatic heterocycles. The van der Waals surface area contributed by atoms with Crippen LogP contribution in [0, 0.1) is 5.82 Å². The van der Waals surface area contributed by atoms with E-state index in [-0.39, 0.29) is 47.5 Å². The molecule has 27 heavy (non-hydrogen) atoms. The van der Waals surface area contributed by atoms with E-state index in [1.165, 1.54) is 18.5 Å². The van der Waals surface area contributed by atoms with Crippen molar-refractivity contribution in [2.45, 2.75) is 26.2 Å². The lowest BCUT2D eigenvalue weighted by Gasteiger charge is -2.15. The summed E-state index contributed by atoms with van der Waals surface area (Å²) in [4.78, 5) is 15.9. The second kappa shape index (κ2) is 7.51. The minimum atomic E-state index is -3.83. The molecular formula is C18H20FN3O4S. The van der Waals surface area contributed by atoms with Crippen LogP contribution in [0.5, 0.6) is 0 Å². The zero-order valence-electron chi connectivity index (χ0n) is 15.0. The smallest absolute Gasteiger partial charge is 0.306 e. The van der Waals surface area contributed by atoms with E-state index in [0.717, 1.165) is 0 Å². The lowest BCUT2D eigenvalue weighted by Crippen LogP contribution is -2.17. The van der Waals surface area contributed by atoms with Gasteiger partial charge in [-0.2, -0.15) is 0 Å². The maximum atomic E-state index is 15.0. The van der Waals surface area contributed by atoms with E-state index in [2.05, 4.69) is 9.71 Å². The number of esters is 1. The van der Waals surface area contributed by atoms with Crippen LogP contribution in [0.25, 0.3) is 11.0 Å². The van der Waals surface area contributed by atoms with Crippen LogP contribution in [0.1, 0.15) is 25.3 Å². The fourth-order valence-corrected chi connectivity index (χ4v) is 4.07. The summed E-state index contributed by atoms with van der Waals surface area (Å²) in [5.74, 6) is -1.12. The van der Waals surface area contributed by atoms with Crippen molar-refractivity contribution < 1.29 is 22.3 Å². The number of fused-ring (bicyclic) bond motifs is 1. The third-order valence-electron chi connectivity index (χ3n) is 4.27. The summed E-state index contributed by atoms with van der Waals surface area (Å²) in [7, 11) is -2.14. The Morgan fingerprint density at radius 2 is 2.22 bits per heavy atom. The van der Waals surface area contributed by atoms with Gasteiger partial charge < -0.3 is 9.30 Å². The van der Waals surface area contributed by atoms with Gasteiger partial charge in [0.15, 0.2) is 5.82 Å². The van der Waals surface area contributed by atoms with E-state index < -0.39 is 21.8 Å². The first-order valence-corrected chi connectivity index (χ1v) is 9.98. The number of allylic oxidation sites excluding steroid dienone is 4. The molecule has 7 nitrogen and oxygen atoms in total. The summed E-state index contributed by atoms with van der Waals surface area (Å²) in [6.45, 7) is 1.91. The van der Waals surface area contributed by atoms with Crippen molar-refractivity contribution in [2.75, 3.05) is 11.3 Å². The number of carbonyl (C=O) groups is 1. The summed E-state index contributed by atoms with van der Waals surface area (Å²) in [5, 5.41) is 0. The second-order valence-electron chi connectivity index (χ2n) is 6.12. The molecule has 1 aliphatic rings. The van der Waals surface area contributed by atoms with Crippen molar-refractivity contribution in [1.29, 1.82) is 0 Å². The average Bonchev–Trinajstić information content (AvgIpc) is 3.26. The van der Waals surface area contributed by atoms with Crippen LogP contribution in [0.3, 0.4) is 0 Å². The molecule has 1 heterocycles. The van der Waals surface area contributed by atoms with Crippen LogP contribution in [0.15, 0.2) is 35.5 Å². The van der Waals surface area contributed by atoms with Gasteiger partial charge in [0.1, 0.15) is 5.52 Å². The molecule has 0 saturated carbocycles. The van der Waals surface area contributed by atoms with E-state index in [9.17, 15) is 13.2 Å². The highest BCUT2D eigenvalue weighted by molar-refractivity contribution is 7.96. The van der Waals surface area contributed by atoms with E-state index in [1.807, 2.05) is 0 Å². The first kappa shape index (κ1) is 19.1. The summed E-state index contributed by atoms with van der Waals surface area (Å²) in [5.41, 5.74) is 0.759. The molecule has 1 N–H and O–H groups in total. The van der Waals surface area contributed by atoms with Crippen molar-refractivity contribution >= 4 is 32.7 Å². The summed E-state index contributed by atoms with van der Waals surface area (Å²) < 4.78 is 49.2. The third kappa shape index (κ3) is 3.87. The number of ether oxygens (including phenoxy) is 1. The van der Waals surface area contributed by atoms with Crippen LogP contribution in [-0.2, 0) is 33.0 Å². The molecule has 144 valence electrons. The number of rotatable bonds is 7. The Bertz CT molecular complexity index is 1050. The van der Waals surface area contributed by atoms with Gasteiger partial charge in [-0.05, 0) is 25.5 Å². The molecular weight excluding hydrogens is 373 g/mol. The highest BCUT2D eigenvalue weighted by Gasteiger charge is 2.23. The fourth-order valence-electron chi connectivity index (χ4n) is 2.90. The number of aryl methyl sites for hydroxylation is 1. The van der Waals surface area contributed by atoms with Gasteiger partial charge in [0.05, 0.1) is 29.0 Å². The number of hydrogen-bond acceptors (Lipinski definition) is 5. The Morgan fingerprint density at radius 3 is 2.89 bits per heavy atom. The maximum Gasteiger partial charge on any atom is 0.306 e. The van der Waals surface area contributed by atoms with E-state index in [0.29, 0.717) is 5.52 Å². The molecule has 0 bridgehead atoms. The summed E-state index contributed by atoms with van der Waals surface area (Å²) >= 11 is 0. The number of halogens is 1. The number of nitrogens with zero attached hydrogens (tertiary/aromatic N) is 2. The van der Waals surface area contributed by atoms with Crippen LogP contribution < -0.4 is 4.72 Å². The van der Waals surface area contributed by atoms with Crippen molar-refractivity contribution in [1.82, 2.24) is 9.55 Å². The highest BCUT2D eigenvalue weighted by Crippen LogP contribution is 2.31. The molecule has 0 amide bonds. The number of benzene rings is 1. The van der Waals surface area contributed by atoms with Gasteiger partial charge in [-0.25, -0.2) is 17.8 Å². The van der Waals surface area contributed by atoms with Gasteiger partial charge in [-0.1, -0.05) is 12.2 Å². The van der Waals surface area contributed by atoms with E-state index in [1.54, 1.807) is 30.7 Å². The highest BCUT2D eigenvalue weighted by atomic mass is 32.2. The summed E-state index contributed by atoms with van der Waals surface area (Å²) in [6, 6.07) is 1.53. The first-order chi connectivity index (χ1) is 12.8. The number of aromatic nitrogens is 2. The average molecular weight is 393 g/mol. The molecule has 0 radical (unpaired) electrons. The molecule has 2 aromatic rings. The Balaban J connectivity index is 2.01. The summed E-state index contributed by atoms with van der Waals surface area (Å²) in [6.07, 6.45) is 6.53. The third-order valence-corrected chi connectivity index (χ3v) is 5.75. The number of anilines is 1. The monoisotopic (exact) mass is 393 g/mol. The maximum absolute atomic E-state index is 15.0. The van der Waals surface area contributed by atoms with Gasteiger partial charge in [0, 0.05) is 25.5 Å². The zero-order chi connectivity index (χ0) is 19.6. The molecule has 0 aliphatic heterocycles. The van der Waals surface area contributed by atoms with Crippen molar-refractivity contribution in [2.24, 2.45) is 7.05 Å². The van der Waals surface area contributed by atoms with E-state index >= 15 is 4.39 Å². The molecule has 1 aliphatic carbocycles. The zero-order valence-corrected chi connectivity index (χ0v) is 15.8. The molecule has 0 atom stereocenters. The Labute approximate surface area is 156 Å².